The van der Waals surface area contributed by atoms with E-state index in [1.54, 1.807) is 48.5 Å². The summed E-state index contributed by atoms with van der Waals surface area (Å²) in [6.45, 7) is 1.98. The number of methoxy groups -OCH3 is 1. The first-order chi connectivity index (χ1) is 22.3. The van der Waals surface area contributed by atoms with Gasteiger partial charge in [-0.3, -0.25) is 14.4 Å². The first-order valence-electron chi connectivity index (χ1n) is 14.0. The van der Waals surface area contributed by atoms with E-state index >= 15 is 0 Å². The molecule has 0 radical (unpaired) electrons. The molecule has 2 heterocycles. The maximum absolute atomic E-state index is 13.3. The monoisotopic (exact) mass is 667 g/mol. The second kappa shape index (κ2) is 15.3. The summed E-state index contributed by atoms with van der Waals surface area (Å²) in [6.07, 6.45) is 1.62. The van der Waals surface area contributed by atoms with Gasteiger partial charge >= 0.3 is 5.97 Å². The minimum Gasteiger partial charge on any atom is -0.465 e. The Morgan fingerprint density at radius 1 is 0.891 bits per heavy atom. The van der Waals surface area contributed by atoms with Gasteiger partial charge < -0.3 is 20.7 Å². The van der Waals surface area contributed by atoms with Gasteiger partial charge in [-0.25, -0.2) is 4.79 Å². The van der Waals surface area contributed by atoms with Crippen LogP contribution in [0.4, 0.5) is 10.7 Å². The maximum Gasteiger partial charge on any atom is 0.341 e. The van der Waals surface area contributed by atoms with Gasteiger partial charge in [0.1, 0.15) is 16.3 Å². The predicted octanol–water partition coefficient (Wildman–Crippen LogP) is 7.71. The minimum absolute atomic E-state index is 0.0617. The molecule has 3 N–H and O–H groups in total. The quantitative estimate of drug-likeness (QED) is 0.0756. The highest BCUT2D eigenvalue weighted by Crippen LogP contribution is 2.36. The molecule has 11 heteroatoms. The van der Waals surface area contributed by atoms with Crippen molar-refractivity contribution in [3.63, 3.8) is 0 Å². The van der Waals surface area contributed by atoms with E-state index in [1.807, 2.05) is 65.5 Å². The highest BCUT2D eigenvalue weighted by molar-refractivity contribution is 8.00. The van der Waals surface area contributed by atoms with Crippen molar-refractivity contribution in [1.82, 2.24) is 5.32 Å². The molecule has 0 fully saturated rings. The van der Waals surface area contributed by atoms with E-state index in [4.69, 9.17) is 4.74 Å². The van der Waals surface area contributed by atoms with Crippen molar-refractivity contribution >= 4 is 74.9 Å². The number of nitrogens with one attached hydrogen (secondary N) is 3. The van der Waals surface area contributed by atoms with Crippen molar-refractivity contribution in [3.05, 3.63) is 129 Å². The van der Waals surface area contributed by atoms with E-state index < -0.39 is 17.8 Å². The lowest BCUT2D eigenvalue weighted by Crippen LogP contribution is -2.30. The number of esters is 1. The third-order valence-electron chi connectivity index (χ3n) is 6.64. The molecule has 46 heavy (non-hydrogen) atoms. The van der Waals surface area contributed by atoms with Gasteiger partial charge in [-0.15, -0.1) is 23.1 Å². The zero-order valence-corrected chi connectivity index (χ0v) is 27.3. The van der Waals surface area contributed by atoms with Crippen molar-refractivity contribution in [2.24, 2.45) is 0 Å². The first-order valence-corrected chi connectivity index (χ1v) is 16.8. The number of carbonyl (C=O) groups is 4. The lowest BCUT2D eigenvalue weighted by atomic mass is 10.0. The summed E-state index contributed by atoms with van der Waals surface area (Å²) in [5, 5.41) is 14.4. The molecule has 0 spiro atoms. The molecular weight excluding hydrogens is 639 g/mol. The van der Waals surface area contributed by atoms with E-state index in [-0.39, 0.29) is 17.4 Å². The molecule has 8 nitrogen and oxygen atoms in total. The number of aryl methyl sites for hydroxylation is 1. The van der Waals surface area contributed by atoms with Crippen LogP contribution < -0.4 is 16.0 Å². The molecule has 3 aromatic carbocycles. The standard InChI is InChI=1S/C35H29N3O5S3/c1-22-11-13-24(14-12-22)28-20-46-34(31(28)35(42)43-2)38-30(39)21-45-27-10-6-9-26(18-27)36-33(41)29(17-23-15-16-44-19-23)37-32(40)25-7-4-3-5-8-25/h3-20H,21H2,1-2H3,(H,36,41)(H,37,40)(H,38,39)/b29-17-. The van der Waals surface area contributed by atoms with E-state index in [9.17, 15) is 19.2 Å². The van der Waals surface area contributed by atoms with Crippen LogP contribution >= 0.6 is 34.4 Å². The van der Waals surface area contributed by atoms with E-state index in [0.717, 1.165) is 21.6 Å². The topological polar surface area (TPSA) is 114 Å². The lowest BCUT2D eigenvalue weighted by Gasteiger charge is -2.12. The van der Waals surface area contributed by atoms with Crippen LogP contribution in [0.3, 0.4) is 0 Å². The average molecular weight is 668 g/mol. The Labute approximate surface area is 278 Å². The zero-order valence-electron chi connectivity index (χ0n) is 24.9. The van der Waals surface area contributed by atoms with Crippen molar-refractivity contribution < 1.29 is 23.9 Å². The molecule has 5 rings (SSSR count). The summed E-state index contributed by atoms with van der Waals surface area (Å²) < 4.78 is 5.02. The number of benzene rings is 3. The van der Waals surface area contributed by atoms with E-state index in [2.05, 4.69) is 16.0 Å². The summed E-state index contributed by atoms with van der Waals surface area (Å²) in [4.78, 5) is 52.5. The Kier molecular flexibility index (Phi) is 10.8. The highest BCUT2D eigenvalue weighted by atomic mass is 32.2. The van der Waals surface area contributed by atoms with Gasteiger partial charge in [-0.2, -0.15) is 11.3 Å². The summed E-state index contributed by atoms with van der Waals surface area (Å²) in [6, 6.07) is 25.3. The third kappa shape index (κ3) is 8.39. The zero-order chi connectivity index (χ0) is 32.5. The van der Waals surface area contributed by atoms with Crippen LogP contribution in [0.2, 0.25) is 0 Å². The maximum atomic E-state index is 13.3. The van der Waals surface area contributed by atoms with Crippen LogP contribution in [0.15, 0.2) is 112 Å². The Balaban J connectivity index is 1.25. The molecule has 2 aromatic heterocycles. The van der Waals surface area contributed by atoms with Crippen molar-refractivity contribution in [2.75, 3.05) is 23.5 Å². The van der Waals surface area contributed by atoms with Crippen LogP contribution in [-0.2, 0) is 14.3 Å². The second-order valence-corrected chi connectivity index (χ2v) is 12.7. The van der Waals surface area contributed by atoms with E-state index in [0.29, 0.717) is 27.4 Å². The fourth-order valence-corrected chi connectivity index (χ4v) is 6.69. The van der Waals surface area contributed by atoms with Crippen LogP contribution in [0, 0.1) is 6.92 Å². The number of hydrogen-bond donors (Lipinski definition) is 3. The molecule has 3 amide bonds. The normalized spacial score (nSPS) is 11.0. The van der Waals surface area contributed by atoms with Crippen molar-refractivity contribution in [2.45, 2.75) is 11.8 Å². The molecule has 0 aliphatic carbocycles. The van der Waals surface area contributed by atoms with Crippen molar-refractivity contribution in [3.8, 4) is 11.1 Å². The molecule has 0 aliphatic heterocycles. The highest BCUT2D eigenvalue weighted by Gasteiger charge is 2.22. The number of carbonyl (C=O) groups excluding carboxylic acids is 4. The first kappa shape index (κ1) is 32.4. The molecule has 0 saturated carbocycles. The summed E-state index contributed by atoms with van der Waals surface area (Å²) in [7, 11) is 1.31. The fourth-order valence-electron chi connectivity index (χ4n) is 4.34. The minimum atomic E-state index is -0.532. The van der Waals surface area contributed by atoms with Crippen molar-refractivity contribution in [1.29, 1.82) is 0 Å². The van der Waals surface area contributed by atoms with Crippen LogP contribution in [-0.4, -0.2) is 36.6 Å². The van der Waals surface area contributed by atoms with Crippen LogP contribution in [0.5, 0.6) is 0 Å². The molecule has 0 atom stereocenters. The molecule has 0 bridgehead atoms. The lowest BCUT2D eigenvalue weighted by molar-refractivity contribution is -0.114. The molecular formula is C35H29N3O5S3. The number of amides is 3. The number of anilines is 2. The van der Waals surface area contributed by atoms with Gasteiger partial charge in [-0.1, -0.05) is 54.1 Å². The molecule has 0 saturated heterocycles. The van der Waals surface area contributed by atoms with Gasteiger partial charge in [0.15, 0.2) is 0 Å². The summed E-state index contributed by atoms with van der Waals surface area (Å²) >= 11 is 4.02. The largest absolute Gasteiger partial charge is 0.465 e. The fraction of sp³-hybridized carbons (Fsp3) is 0.0857. The predicted molar refractivity (Wildman–Crippen MR) is 186 cm³/mol. The average Bonchev–Trinajstić information content (AvgIpc) is 3.74. The molecule has 0 unspecified atom stereocenters. The van der Waals surface area contributed by atoms with Gasteiger partial charge in [-0.05, 0) is 71.3 Å². The third-order valence-corrected chi connectivity index (χ3v) is 9.23. The smallest absolute Gasteiger partial charge is 0.341 e. The number of ether oxygens (including phenoxy) is 1. The Morgan fingerprint density at radius 3 is 2.39 bits per heavy atom. The number of rotatable bonds is 11. The van der Waals surface area contributed by atoms with Gasteiger partial charge in [0.2, 0.25) is 5.91 Å². The van der Waals surface area contributed by atoms with E-state index in [1.165, 1.54) is 41.5 Å². The summed E-state index contributed by atoms with van der Waals surface area (Å²) in [5.74, 6) is -1.67. The number of hydrogen-bond acceptors (Lipinski definition) is 8. The van der Waals surface area contributed by atoms with Gasteiger partial charge in [0, 0.05) is 27.1 Å². The second-order valence-electron chi connectivity index (χ2n) is 9.96. The molecule has 0 aliphatic rings. The SMILES string of the molecule is COC(=O)c1c(-c2ccc(C)cc2)csc1NC(=O)CSc1cccc(NC(=O)/C(=C/c2ccsc2)NC(=O)c2ccccc2)c1. The van der Waals surface area contributed by atoms with Crippen LogP contribution in [0.25, 0.3) is 17.2 Å². The molecule has 232 valence electrons. The number of thiophene rings is 2. The Morgan fingerprint density at radius 2 is 1.67 bits per heavy atom. The Hall–Kier alpha value is -4.97. The van der Waals surface area contributed by atoms with Crippen LogP contribution in [0.1, 0.15) is 31.8 Å². The molecule has 5 aromatic rings. The Bertz CT molecular complexity index is 1880. The summed E-state index contributed by atoms with van der Waals surface area (Å²) in [5.41, 5.74) is 4.74. The number of thioether (sulfide) groups is 1. The van der Waals surface area contributed by atoms with Gasteiger partial charge in [0.25, 0.3) is 11.8 Å². The van der Waals surface area contributed by atoms with Gasteiger partial charge in [0.05, 0.1) is 12.9 Å².